The van der Waals surface area contributed by atoms with Gasteiger partial charge in [0.25, 0.3) is 0 Å². The molecular weight excluding hydrogens is 306 g/mol. The number of halogens is 1. The first-order chi connectivity index (χ1) is 10.2. The number of aliphatic hydroxyl groups excluding tert-OH is 1. The van der Waals surface area contributed by atoms with Crippen LogP contribution in [-0.2, 0) is 6.42 Å². The molecule has 1 fully saturated rings. The Balaban J connectivity index is 2.04. The van der Waals surface area contributed by atoms with Crippen LogP contribution < -0.4 is 4.90 Å². The van der Waals surface area contributed by atoms with Crippen LogP contribution in [0.5, 0.6) is 0 Å². The minimum Gasteiger partial charge on any atom is -0.396 e. The van der Waals surface area contributed by atoms with Crippen molar-refractivity contribution >= 4 is 39.0 Å². The molecule has 0 spiro atoms. The normalized spacial score (nSPS) is 15.4. The topological polar surface area (TPSA) is 49.2 Å². The van der Waals surface area contributed by atoms with Gasteiger partial charge in [0.15, 0.2) is 0 Å². The monoisotopic (exact) mass is 325 g/mol. The molecule has 4 nitrogen and oxygen atoms in total. The fourth-order valence-corrected chi connectivity index (χ4v) is 3.90. The largest absolute Gasteiger partial charge is 0.396 e. The number of anilines is 1. The van der Waals surface area contributed by atoms with Crippen molar-refractivity contribution in [3.05, 3.63) is 16.2 Å². The molecule has 6 heteroatoms. The highest BCUT2D eigenvalue weighted by molar-refractivity contribution is 7.18. The summed E-state index contributed by atoms with van der Waals surface area (Å²) >= 11 is 7.82. The Hall–Kier alpha value is -0.910. The Kier molecular flexibility index (Phi) is 4.62. The number of fused-ring (bicyclic) bond motifs is 1. The van der Waals surface area contributed by atoms with Crippen LogP contribution in [0.25, 0.3) is 10.2 Å². The Bertz CT molecular complexity index is 627. The highest BCUT2D eigenvalue weighted by Crippen LogP contribution is 2.36. The first-order valence-corrected chi connectivity index (χ1v) is 8.75. The smallest absolute Gasteiger partial charge is 0.225 e. The average molecular weight is 326 g/mol. The van der Waals surface area contributed by atoms with Crippen molar-refractivity contribution in [2.24, 2.45) is 0 Å². The maximum atomic E-state index is 9.16. The lowest BCUT2D eigenvalue weighted by atomic mass is 9.91. The zero-order valence-corrected chi connectivity index (χ0v) is 13.8. The van der Waals surface area contributed by atoms with Crippen molar-refractivity contribution in [1.29, 1.82) is 0 Å². The van der Waals surface area contributed by atoms with Crippen molar-refractivity contribution in [2.45, 2.75) is 45.1 Å². The van der Waals surface area contributed by atoms with Gasteiger partial charge in [0, 0.05) is 24.1 Å². The van der Waals surface area contributed by atoms with Crippen LogP contribution in [0.15, 0.2) is 6.07 Å². The third-order valence-corrected chi connectivity index (χ3v) is 5.43. The van der Waals surface area contributed by atoms with Crippen LogP contribution in [0.4, 0.5) is 5.82 Å². The van der Waals surface area contributed by atoms with Crippen molar-refractivity contribution in [3.63, 3.8) is 0 Å². The minimum absolute atomic E-state index is 0.203. The molecule has 2 aromatic heterocycles. The number of aryl methyl sites for hydroxylation is 1. The van der Waals surface area contributed by atoms with E-state index in [9.17, 15) is 0 Å². The minimum atomic E-state index is 0.203. The fourth-order valence-electron chi connectivity index (χ4n) is 2.72. The van der Waals surface area contributed by atoms with Crippen molar-refractivity contribution in [3.8, 4) is 0 Å². The molecule has 0 unspecified atom stereocenters. The molecule has 21 heavy (non-hydrogen) atoms. The SMILES string of the molecule is CCc1cc2c(N(CCCO)C3CCC3)nc(Cl)nc2s1. The maximum Gasteiger partial charge on any atom is 0.225 e. The lowest BCUT2D eigenvalue weighted by Crippen LogP contribution is -2.41. The van der Waals surface area contributed by atoms with E-state index >= 15 is 0 Å². The summed E-state index contributed by atoms with van der Waals surface area (Å²) < 4.78 is 0. The third kappa shape index (κ3) is 3.00. The second-order valence-corrected chi connectivity index (χ2v) is 6.91. The molecule has 114 valence electrons. The van der Waals surface area contributed by atoms with E-state index in [1.54, 1.807) is 11.3 Å². The maximum absolute atomic E-state index is 9.16. The van der Waals surface area contributed by atoms with E-state index in [0.717, 1.165) is 35.4 Å². The first kappa shape index (κ1) is 15.0. The Labute approximate surface area is 133 Å². The molecule has 3 rings (SSSR count). The zero-order valence-electron chi connectivity index (χ0n) is 12.2. The van der Waals surface area contributed by atoms with Gasteiger partial charge in [-0.05, 0) is 49.8 Å². The number of hydrogen-bond acceptors (Lipinski definition) is 5. The van der Waals surface area contributed by atoms with Crippen LogP contribution in [0.1, 0.15) is 37.5 Å². The van der Waals surface area contributed by atoms with Crippen molar-refractivity contribution in [1.82, 2.24) is 9.97 Å². The molecular formula is C15H20ClN3OS. The lowest BCUT2D eigenvalue weighted by molar-refractivity contribution is 0.282. The van der Waals surface area contributed by atoms with E-state index in [-0.39, 0.29) is 6.61 Å². The second kappa shape index (κ2) is 6.46. The van der Waals surface area contributed by atoms with Gasteiger partial charge in [0.2, 0.25) is 5.28 Å². The van der Waals surface area contributed by atoms with Gasteiger partial charge in [-0.2, -0.15) is 4.98 Å². The van der Waals surface area contributed by atoms with Gasteiger partial charge in [-0.15, -0.1) is 11.3 Å². The van der Waals surface area contributed by atoms with E-state index in [2.05, 4.69) is 27.9 Å². The van der Waals surface area contributed by atoms with Gasteiger partial charge in [-0.3, -0.25) is 0 Å². The highest BCUT2D eigenvalue weighted by atomic mass is 35.5. The standard InChI is InChI=1S/C15H20ClN3OS/c1-2-11-9-12-13(17-15(16)18-14(12)21-11)19(7-4-8-20)10-5-3-6-10/h9-10,20H,2-8H2,1H3. The second-order valence-electron chi connectivity index (χ2n) is 5.46. The highest BCUT2D eigenvalue weighted by Gasteiger charge is 2.27. The van der Waals surface area contributed by atoms with E-state index < -0.39 is 0 Å². The van der Waals surface area contributed by atoms with Gasteiger partial charge in [-0.25, -0.2) is 4.98 Å². The molecule has 0 aromatic carbocycles. The molecule has 0 bridgehead atoms. The fraction of sp³-hybridized carbons (Fsp3) is 0.600. The molecule has 0 radical (unpaired) electrons. The predicted molar refractivity (Wildman–Crippen MR) is 88.5 cm³/mol. The van der Waals surface area contributed by atoms with E-state index in [1.807, 2.05) is 0 Å². The van der Waals surface area contributed by atoms with Crippen molar-refractivity contribution in [2.75, 3.05) is 18.1 Å². The number of aromatic nitrogens is 2. The Morgan fingerprint density at radius 3 is 2.86 bits per heavy atom. The summed E-state index contributed by atoms with van der Waals surface area (Å²) in [5, 5.41) is 10.6. The molecule has 0 aliphatic heterocycles. The number of rotatable bonds is 6. The van der Waals surface area contributed by atoms with Crippen LogP contribution in [0, 0.1) is 0 Å². The van der Waals surface area contributed by atoms with Gasteiger partial charge < -0.3 is 10.0 Å². The quantitative estimate of drug-likeness (QED) is 0.824. The zero-order chi connectivity index (χ0) is 14.8. The van der Waals surface area contributed by atoms with E-state index in [4.69, 9.17) is 16.7 Å². The van der Waals surface area contributed by atoms with E-state index in [1.165, 1.54) is 24.1 Å². The molecule has 1 saturated carbocycles. The first-order valence-electron chi connectivity index (χ1n) is 7.56. The molecule has 1 aliphatic carbocycles. The Morgan fingerprint density at radius 2 is 2.24 bits per heavy atom. The van der Waals surface area contributed by atoms with E-state index in [0.29, 0.717) is 11.3 Å². The summed E-state index contributed by atoms with van der Waals surface area (Å²) in [7, 11) is 0. The third-order valence-electron chi connectivity index (χ3n) is 4.09. The van der Waals surface area contributed by atoms with Crippen LogP contribution in [0.3, 0.4) is 0 Å². The molecule has 1 aliphatic rings. The molecule has 0 saturated heterocycles. The van der Waals surface area contributed by atoms with Gasteiger partial charge in [0.05, 0.1) is 5.39 Å². The Morgan fingerprint density at radius 1 is 1.43 bits per heavy atom. The van der Waals surface area contributed by atoms with Gasteiger partial charge in [0.1, 0.15) is 10.6 Å². The molecule has 0 amide bonds. The summed E-state index contributed by atoms with van der Waals surface area (Å²) in [6.07, 6.45) is 5.41. The van der Waals surface area contributed by atoms with Gasteiger partial charge >= 0.3 is 0 Å². The number of hydrogen-bond donors (Lipinski definition) is 1. The summed E-state index contributed by atoms with van der Waals surface area (Å²) in [6.45, 7) is 3.17. The van der Waals surface area contributed by atoms with Crippen LogP contribution >= 0.6 is 22.9 Å². The molecule has 0 atom stereocenters. The van der Waals surface area contributed by atoms with Crippen molar-refractivity contribution < 1.29 is 5.11 Å². The summed E-state index contributed by atoms with van der Waals surface area (Å²) in [6, 6.07) is 2.71. The summed E-state index contributed by atoms with van der Waals surface area (Å²) in [5.41, 5.74) is 0. The number of nitrogens with zero attached hydrogens (tertiary/aromatic N) is 3. The summed E-state index contributed by atoms with van der Waals surface area (Å²) in [5.74, 6) is 0.944. The average Bonchev–Trinajstić information content (AvgIpc) is 2.83. The van der Waals surface area contributed by atoms with Crippen LogP contribution in [-0.4, -0.2) is 34.3 Å². The van der Waals surface area contributed by atoms with Gasteiger partial charge in [-0.1, -0.05) is 6.92 Å². The van der Waals surface area contributed by atoms with Crippen LogP contribution in [0.2, 0.25) is 5.28 Å². The molecule has 2 heterocycles. The number of aliphatic hydroxyl groups is 1. The molecule has 1 N–H and O–H groups in total. The molecule has 2 aromatic rings. The lowest BCUT2D eigenvalue weighted by Gasteiger charge is -2.38. The number of thiophene rings is 1. The summed E-state index contributed by atoms with van der Waals surface area (Å²) in [4.78, 5) is 13.5. The predicted octanol–water partition coefficient (Wildman–Crippen LogP) is 3.65.